The third-order valence-electron chi connectivity index (χ3n) is 2.85. The van der Waals surface area contributed by atoms with Crippen LogP contribution in [-0.4, -0.2) is 30.4 Å². The maximum absolute atomic E-state index is 11.9. The van der Waals surface area contributed by atoms with E-state index < -0.39 is 4.92 Å². The minimum Gasteiger partial charge on any atom is -0.273 e. The number of nitrogens with zero attached hydrogens (tertiary/aromatic N) is 5. The minimum atomic E-state index is -0.496. The second kappa shape index (κ2) is 5.64. The lowest BCUT2D eigenvalue weighted by Crippen LogP contribution is -2.14. The number of aryl methyl sites for hydroxylation is 3. The first-order chi connectivity index (χ1) is 9.47. The van der Waals surface area contributed by atoms with Crippen LogP contribution in [0.4, 0.5) is 5.69 Å². The molecule has 0 unspecified atom stereocenters. The van der Waals surface area contributed by atoms with Gasteiger partial charge in [0.15, 0.2) is 0 Å². The summed E-state index contributed by atoms with van der Waals surface area (Å²) in [4.78, 5) is 22.0. The van der Waals surface area contributed by atoms with Crippen LogP contribution in [0.5, 0.6) is 0 Å². The van der Waals surface area contributed by atoms with Crippen molar-refractivity contribution in [1.82, 2.24) is 19.6 Å². The van der Waals surface area contributed by atoms with Crippen LogP contribution in [0.1, 0.15) is 29.0 Å². The van der Waals surface area contributed by atoms with E-state index in [9.17, 15) is 14.9 Å². The van der Waals surface area contributed by atoms with Crippen molar-refractivity contribution < 1.29 is 9.72 Å². The van der Waals surface area contributed by atoms with Crippen LogP contribution >= 0.6 is 0 Å². The third kappa shape index (κ3) is 3.08. The van der Waals surface area contributed by atoms with Crippen LogP contribution in [0.3, 0.4) is 0 Å². The van der Waals surface area contributed by atoms with Gasteiger partial charge >= 0.3 is 5.69 Å². The van der Waals surface area contributed by atoms with Gasteiger partial charge in [-0.05, 0) is 26.3 Å². The Morgan fingerprint density at radius 2 is 2.20 bits per heavy atom. The van der Waals surface area contributed by atoms with Crippen molar-refractivity contribution in [3.8, 4) is 0 Å². The van der Waals surface area contributed by atoms with Crippen LogP contribution in [-0.2, 0) is 6.54 Å². The summed E-state index contributed by atoms with van der Waals surface area (Å²) < 4.78 is 2.85. The van der Waals surface area contributed by atoms with E-state index in [1.807, 2.05) is 19.9 Å². The Morgan fingerprint density at radius 1 is 1.45 bits per heavy atom. The van der Waals surface area contributed by atoms with E-state index in [0.29, 0.717) is 19.4 Å². The summed E-state index contributed by atoms with van der Waals surface area (Å²) in [6, 6.07) is 1.84. The van der Waals surface area contributed by atoms with Gasteiger partial charge in [0.25, 0.3) is 0 Å². The lowest BCUT2D eigenvalue weighted by atomic mass is 10.3. The Balaban J connectivity index is 1.87. The highest BCUT2D eigenvalue weighted by Gasteiger charge is 2.11. The Hall–Kier alpha value is -2.51. The number of hydrogen-bond donors (Lipinski definition) is 0. The van der Waals surface area contributed by atoms with Gasteiger partial charge in [0, 0.05) is 18.7 Å². The van der Waals surface area contributed by atoms with Crippen molar-refractivity contribution >= 4 is 11.6 Å². The highest BCUT2D eigenvalue weighted by Crippen LogP contribution is 2.09. The first-order valence-electron chi connectivity index (χ1n) is 6.20. The van der Waals surface area contributed by atoms with E-state index in [2.05, 4.69) is 10.2 Å². The molecule has 106 valence electrons. The second-order valence-electron chi connectivity index (χ2n) is 4.55. The van der Waals surface area contributed by atoms with Gasteiger partial charge in [0.1, 0.15) is 12.4 Å². The van der Waals surface area contributed by atoms with Crippen LogP contribution in [0.2, 0.25) is 0 Å². The van der Waals surface area contributed by atoms with Crippen LogP contribution in [0.15, 0.2) is 18.5 Å². The summed E-state index contributed by atoms with van der Waals surface area (Å²) in [5, 5.41) is 18.5. The Kier molecular flexibility index (Phi) is 3.92. The molecule has 2 heterocycles. The summed E-state index contributed by atoms with van der Waals surface area (Å²) in [6.07, 6.45) is 3.42. The van der Waals surface area contributed by atoms with Crippen molar-refractivity contribution in [2.24, 2.45) is 0 Å². The van der Waals surface area contributed by atoms with Crippen LogP contribution in [0.25, 0.3) is 0 Å². The molecule has 2 aromatic heterocycles. The zero-order valence-corrected chi connectivity index (χ0v) is 11.3. The average Bonchev–Trinajstić information content (AvgIpc) is 2.96. The van der Waals surface area contributed by atoms with Crippen LogP contribution in [0, 0.1) is 24.0 Å². The lowest BCUT2D eigenvalue weighted by Gasteiger charge is -2.03. The molecule has 0 N–H and O–H groups in total. The van der Waals surface area contributed by atoms with E-state index in [1.165, 1.54) is 21.8 Å². The Bertz CT molecular complexity index is 643. The fourth-order valence-electron chi connectivity index (χ4n) is 1.95. The topological polar surface area (TPSA) is 95.8 Å². The van der Waals surface area contributed by atoms with Crippen molar-refractivity contribution in [1.29, 1.82) is 0 Å². The molecule has 0 spiro atoms. The van der Waals surface area contributed by atoms with Crippen molar-refractivity contribution in [3.63, 3.8) is 0 Å². The van der Waals surface area contributed by atoms with Gasteiger partial charge < -0.3 is 0 Å². The largest absolute Gasteiger partial charge is 0.306 e. The second-order valence-corrected chi connectivity index (χ2v) is 4.55. The Labute approximate surface area is 115 Å². The molecule has 2 aromatic rings. The SMILES string of the molecule is Cc1cc(C)n(C(=O)CCCn2cc([N+](=O)[O-])cn2)n1. The number of aromatic nitrogens is 4. The molecule has 8 heteroatoms. The van der Waals surface area contributed by atoms with E-state index in [4.69, 9.17) is 0 Å². The summed E-state index contributed by atoms with van der Waals surface area (Å²) in [5.41, 5.74) is 1.57. The molecule has 8 nitrogen and oxygen atoms in total. The van der Waals surface area contributed by atoms with Gasteiger partial charge in [-0.1, -0.05) is 0 Å². The summed E-state index contributed by atoms with van der Waals surface area (Å²) in [7, 11) is 0. The average molecular weight is 277 g/mol. The molecule has 0 saturated carbocycles. The highest BCUT2D eigenvalue weighted by atomic mass is 16.6. The zero-order valence-electron chi connectivity index (χ0n) is 11.3. The molecule has 0 saturated heterocycles. The molecule has 0 aliphatic rings. The number of carbonyl (C=O) groups is 1. The molecule has 2 rings (SSSR count). The molecule has 0 aliphatic heterocycles. The fraction of sp³-hybridized carbons (Fsp3) is 0.417. The molecule has 0 atom stereocenters. The molecule has 0 amide bonds. The van der Waals surface area contributed by atoms with Gasteiger partial charge in [-0.2, -0.15) is 10.2 Å². The predicted octanol–water partition coefficient (Wildman–Crippen LogP) is 1.73. The van der Waals surface area contributed by atoms with Crippen molar-refractivity contribution in [3.05, 3.63) is 40.0 Å². The van der Waals surface area contributed by atoms with Crippen molar-refractivity contribution in [2.75, 3.05) is 0 Å². The Morgan fingerprint density at radius 3 is 2.75 bits per heavy atom. The maximum Gasteiger partial charge on any atom is 0.306 e. The number of hydrogen-bond acceptors (Lipinski definition) is 5. The fourth-order valence-corrected chi connectivity index (χ4v) is 1.95. The van der Waals surface area contributed by atoms with E-state index in [-0.39, 0.29) is 11.6 Å². The standard InChI is InChI=1S/C12H15N5O3/c1-9-6-10(2)16(14-9)12(18)4-3-5-15-8-11(7-13-15)17(19)20/h6-8H,3-5H2,1-2H3. The molecule has 0 radical (unpaired) electrons. The third-order valence-corrected chi connectivity index (χ3v) is 2.85. The maximum atomic E-state index is 11.9. The zero-order chi connectivity index (χ0) is 14.7. The number of carbonyl (C=O) groups excluding carboxylic acids is 1. The minimum absolute atomic E-state index is 0.0464. The molecule has 0 aromatic carbocycles. The number of rotatable bonds is 5. The summed E-state index contributed by atoms with van der Waals surface area (Å²) >= 11 is 0. The normalized spacial score (nSPS) is 10.7. The van der Waals surface area contributed by atoms with Gasteiger partial charge in [0.2, 0.25) is 5.91 Å². The van der Waals surface area contributed by atoms with E-state index in [1.54, 1.807) is 0 Å². The number of nitro groups is 1. The van der Waals surface area contributed by atoms with E-state index >= 15 is 0 Å². The smallest absolute Gasteiger partial charge is 0.273 e. The van der Waals surface area contributed by atoms with Gasteiger partial charge in [-0.25, -0.2) is 4.68 Å². The molecular weight excluding hydrogens is 262 g/mol. The molecule has 0 aliphatic carbocycles. The van der Waals surface area contributed by atoms with Gasteiger partial charge in [0.05, 0.1) is 10.6 Å². The quantitative estimate of drug-likeness (QED) is 0.612. The molecule has 0 bridgehead atoms. The lowest BCUT2D eigenvalue weighted by molar-refractivity contribution is -0.385. The highest BCUT2D eigenvalue weighted by molar-refractivity contribution is 5.78. The van der Waals surface area contributed by atoms with Crippen molar-refractivity contribution in [2.45, 2.75) is 33.2 Å². The summed E-state index contributed by atoms with van der Waals surface area (Å²) in [6.45, 7) is 4.12. The van der Waals surface area contributed by atoms with Gasteiger partial charge in [-0.3, -0.25) is 19.6 Å². The monoisotopic (exact) mass is 277 g/mol. The van der Waals surface area contributed by atoms with E-state index in [0.717, 1.165) is 11.4 Å². The first kappa shape index (κ1) is 13.9. The molecular formula is C12H15N5O3. The predicted molar refractivity (Wildman–Crippen MR) is 70.4 cm³/mol. The van der Waals surface area contributed by atoms with Gasteiger partial charge in [-0.15, -0.1) is 0 Å². The van der Waals surface area contributed by atoms with Crippen LogP contribution < -0.4 is 0 Å². The molecule has 20 heavy (non-hydrogen) atoms. The first-order valence-corrected chi connectivity index (χ1v) is 6.20. The molecule has 0 fully saturated rings. The summed E-state index contributed by atoms with van der Waals surface area (Å²) in [5.74, 6) is -0.0859.